The minimum Gasteiger partial charge on any atom is -0.497 e. The molecule has 26 heavy (non-hydrogen) atoms. The summed E-state index contributed by atoms with van der Waals surface area (Å²) in [5, 5.41) is 0.577. The van der Waals surface area contributed by atoms with E-state index >= 15 is 0 Å². The van der Waals surface area contributed by atoms with Crippen LogP contribution in [0.25, 0.3) is 0 Å². The van der Waals surface area contributed by atoms with Crippen molar-refractivity contribution in [1.29, 1.82) is 0 Å². The standard InChI is InChI=1S/C19H24ClNO4S/c1-19(25-3,16-5-4-6-17(20)13-16)14-21-26(22,23)12-11-15-7-9-18(24-2)10-8-15/h4-10,13,21H,11-12,14H2,1-3H3/t19-/m1/s1. The summed E-state index contributed by atoms with van der Waals surface area (Å²) in [5.41, 5.74) is 0.934. The minimum absolute atomic E-state index is 0.00529. The van der Waals surface area contributed by atoms with E-state index in [1.165, 1.54) is 0 Å². The second kappa shape index (κ2) is 8.86. The molecule has 0 radical (unpaired) electrons. The van der Waals surface area contributed by atoms with Crippen molar-refractivity contribution in [3.63, 3.8) is 0 Å². The highest BCUT2D eigenvalue weighted by Crippen LogP contribution is 2.26. The van der Waals surface area contributed by atoms with Gasteiger partial charge in [-0.05, 0) is 48.7 Å². The van der Waals surface area contributed by atoms with Gasteiger partial charge in [-0.1, -0.05) is 35.9 Å². The molecule has 0 unspecified atom stereocenters. The molecule has 0 aromatic heterocycles. The lowest BCUT2D eigenvalue weighted by Crippen LogP contribution is -2.41. The molecule has 142 valence electrons. The van der Waals surface area contributed by atoms with E-state index in [2.05, 4.69) is 4.72 Å². The molecule has 1 N–H and O–H groups in total. The van der Waals surface area contributed by atoms with Crippen LogP contribution in [0.1, 0.15) is 18.1 Å². The Labute approximate surface area is 160 Å². The smallest absolute Gasteiger partial charge is 0.212 e. The Morgan fingerprint density at radius 3 is 2.38 bits per heavy atom. The molecule has 0 spiro atoms. The van der Waals surface area contributed by atoms with Gasteiger partial charge in [0.2, 0.25) is 10.0 Å². The predicted molar refractivity (Wildman–Crippen MR) is 104 cm³/mol. The van der Waals surface area contributed by atoms with E-state index < -0.39 is 15.6 Å². The minimum atomic E-state index is -3.45. The van der Waals surface area contributed by atoms with Crippen molar-refractivity contribution in [3.05, 3.63) is 64.7 Å². The number of rotatable bonds is 9. The summed E-state index contributed by atoms with van der Waals surface area (Å²) >= 11 is 6.03. The van der Waals surface area contributed by atoms with Gasteiger partial charge in [-0.2, -0.15) is 0 Å². The van der Waals surface area contributed by atoms with Gasteiger partial charge in [0.05, 0.1) is 12.9 Å². The van der Waals surface area contributed by atoms with Crippen LogP contribution in [0.2, 0.25) is 5.02 Å². The third-order valence-electron chi connectivity index (χ3n) is 4.33. The quantitative estimate of drug-likeness (QED) is 0.704. The third-order valence-corrected chi connectivity index (χ3v) is 5.89. The maximum Gasteiger partial charge on any atom is 0.212 e. The maximum atomic E-state index is 12.4. The summed E-state index contributed by atoms with van der Waals surface area (Å²) in [6.45, 7) is 1.94. The lowest BCUT2D eigenvalue weighted by Gasteiger charge is -2.29. The highest BCUT2D eigenvalue weighted by Gasteiger charge is 2.28. The summed E-state index contributed by atoms with van der Waals surface area (Å²) in [6.07, 6.45) is 0.417. The van der Waals surface area contributed by atoms with Gasteiger partial charge in [0, 0.05) is 18.7 Å². The summed E-state index contributed by atoms with van der Waals surface area (Å²) in [4.78, 5) is 0. The van der Waals surface area contributed by atoms with Crippen LogP contribution < -0.4 is 9.46 Å². The number of ether oxygens (including phenoxy) is 2. The second-order valence-electron chi connectivity index (χ2n) is 6.18. The third kappa shape index (κ3) is 5.71. The first-order valence-electron chi connectivity index (χ1n) is 8.19. The molecule has 0 aliphatic carbocycles. The first kappa shape index (κ1) is 20.7. The first-order chi connectivity index (χ1) is 12.3. The van der Waals surface area contributed by atoms with Crippen molar-refractivity contribution in [2.75, 3.05) is 26.5 Å². The summed E-state index contributed by atoms with van der Waals surface area (Å²) in [7, 11) is -0.310. The van der Waals surface area contributed by atoms with Crippen LogP contribution in [0.3, 0.4) is 0 Å². The number of hydrogen-bond donors (Lipinski definition) is 1. The van der Waals surface area contributed by atoms with Crippen LogP contribution in [-0.4, -0.2) is 34.9 Å². The van der Waals surface area contributed by atoms with Gasteiger partial charge in [0.25, 0.3) is 0 Å². The van der Waals surface area contributed by atoms with E-state index in [4.69, 9.17) is 21.1 Å². The van der Waals surface area contributed by atoms with Crippen LogP contribution in [0.5, 0.6) is 5.75 Å². The molecule has 0 aliphatic rings. The fourth-order valence-electron chi connectivity index (χ4n) is 2.47. The van der Waals surface area contributed by atoms with Gasteiger partial charge in [0.15, 0.2) is 0 Å². The van der Waals surface area contributed by atoms with Crippen LogP contribution in [0.15, 0.2) is 48.5 Å². The van der Waals surface area contributed by atoms with E-state index in [0.717, 1.165) is 16.9 Å². The number of sulfonamides is 1. The van der Waals surface area contributed by atoms with Crippen LogP contribution in [-0.2, 0) is 26.8 Å². The number of benzene rings is 2. The number of methoxy groups -OCH3 is 2. The van der Waals surface area contributed by atoms with Crippen molar-refractivity contribution in [2.45, 2.75) is 18.9 Å². The zero-order valence-corrected chi connectivity index (χ0v) is 16.7. The van der Waals surface area contributed by atoms with Crippen LogP contribution in [0, 0.1) is 0 Å². The predicted octanol–water partition coefficient (Wildman–Crippen LogP) is 3.37. The largest absolute Gasteiger partial charge is 0.497 e. The van der Waals surface area contributed by atoms with Gasteiger partial charge in [-0.3, -0.25) is 0 Å². The topological polar surface area (TPSA) is 64.6 Å². The van der Waals surface area contributed by atoms with Gasteiger partial charge < -0.3 is 9.47 Å². The Morgan fingerprint density at radius 1 is 1.12 bits per heavy atom. The maximum absolute atomic E-state index is 12.4. The monoisotopic (exact) mass is 397 g/mol. The molecule has 5 nitrogen and oxygen atoms in total. The fourth-order valence-corrected chi connectivity index (χ4v) is 3.81. The summed E-state index contributed by atoms with van der Waals surface area (Å²) in [5.74, 6) is 0.737. The van der Waals surface area contributed by atoms with Gasteiger partial charge in [-0.15, -0.1) is 0 Å². The van der Waals surface area contributed by atoms with Crippen molar-refractivity contribution >= 4 is 21.6 Å². The van der Waals surface area contributed by atoms with Crippen molar-refractivity contribution in [1.82, 2.24) is 4.72 Å². The number of nitrogens with one attached hydrogen (secondary N) is 1. The zero-order chi connectivity index (χ0) is 19.2. The van der Waals surface area contributed by atoms with E-state index in [1.807, 2.05) is 43.3 Å². The highest BCUT2D eigenvalue weighted by molar-refractivity contribution is 7.89. The highest BCUT2D eigenvalue weighted by atomic mass is 35.5. The SMILES string of the molecule is COc1ccc(CCS(=O)(=O)NC[C@@](C)(OC)c2cccc(Cl)c2)cc1. The average molecular weight is 398 g/mol. The molecule has 2 rings (SSSR count). The molecule has 0 aliphatic heterocycles. The molecule has 0 amide bonds. The summed E-state index contributed by atoms with van der Waals surface area (Å²) < 4.78 is 38.0. The number of aryl methyl sites for hydroxylation is 1. The van der Waals surface area contributed by atoms with Crippen LogP contribution >= 0.6 is 11.6 Å². The van der Waals surface area contributed by atoms with E-state index in [1.54, 1.807) is 26.4 Å². The molecule has 0 heterocycles. The Morgan fingerprint density at radius 2 is 1.81 bits per heavy atom. The summed E-state index contributed by atoms with van der Waals surface area (Å²) in [6, 6.07) is 14.6. The van der Waals surface area contributed by atoms with E-state index in [-0.39, 0.29) is 12.3 Å². The lowest BCUT2D eigenvalue weighted by molar-refractivity contribution is 0.00699. The van der Waals surface area contributed by atoms with Gasteiger partial charge in [0.1, 0.15) is 11.4 Å². The van der Waals surface area contributed by atoms with Crippen LogP contribution in [0.4, 0.5) is 0 Å². The molecule has 7 heteroatoms. The molecule has 0 bridgehead atoms. The molecule has 0 saturated heterocycles. The second-order valence-corrected chi connectivity index (χ2v) is 8.55. The number of hydrogen-bond acceptors (Lipinski definition) is 4. The fraction of sp³-hybridized carbons (Fsp3) is 0.368. The Balaban J connectivity index is 1.98. The zero-order valence-electron chi connectivity index (χ0n) is 15.2. The van der Waals surface area contributed by atoms with Gasteiger partial charge in [-0.25, -0.2) is 13.1 Å². The van der Waals surface area contributed by atoms with E-state index in [9.17, 15) is 8.42 Å². The number of halogens is 1. The average Bonchev–Trinajstić information content (AvgIpc) is 2.65. The normalized spacial score (nSPS) is 14.0. The molecular formula is C19H24ClNO4S. The Bertz CT molecular complexity index is 824. The molecule has 2 aromatic carbocycles. The molecule has 2 aromatic rings. The van der Waals surface area contributed by atoms with Crippen molar-refractivity contribution < 1.29 is 17.9 Å². The first-order valence-corrected chi connectivity index (χ1v) is 10.2. The van der Waals surface area contributed by atoms with Crippen molar-refractivity contribution in [2.24, 2.45) is 0 Å². The lowest BCUT2D eigenvalue weighted by atomic mass is 9.96. The Hall–Kier alpha value is -1.60. The van der Waals surface area contributed by atoms with E-state index in [0.29, 0.717) is 11.4 Å². The molecular weight excluding hydrogens is 374 g/mol. The Kier molecular flexibility index (Phi) is 7.06. The van der Waals surface area contributed by atoms with Gasteiger partial charge >= 0.3 is 0 Å². The molecule has 1 atom stereocenters. The molecule has 0 fully saturated rings. The van der Waals surface area contributed by atoms with Crippen molar-refractivity contribution in [3.8, 4) is 5.75 Å². The molecule has 0 saturated carbocycles.